The fraction of sp³-hybridized carbons (Fsp3) is 0.867. The predicted molar refractivity (Wildman–Crippen MR) is 136 cm³/mol. The Morgan fingerprint density at radius 1 is 0.944 bits per heavy atom. The SMILES string of the molecule is CC1CCC2(C(=O)O)CCC3(C)C(=CCC4C5(C)C(O)C(O)C(=O)C(C)(C)C5CCC43C)C2C1(C)O. The van der Waals surface area contributed by atoms with Crippen molar-refractivity contribution in [2.75, 3.05) is 0 Å². The van der Waals surface area contributed by atoms with Gasteiger partial charge < -0.3 is 20.4 Å². The van der Waals surface area contributed by atoms with E-state index in [4.69, 9.17) is 0 Å². The van der Waals surface area contributed by atoms with Gasteiger partial charge in [-0.05, 0) is 80.5 Å². The van der Waals surface area contributed by atoms with Crippen LogP contribution in [0.4, 0.5) is 0 Å². The van der Waals surface area contributed by atoms with Crippen LogP contribution >= 0.6 is 0 Å². The van der Waals surface area contributed by atoms with Gasteiger partial charge in [-0.1, -0.05) is 53.2 Å². The second kappa shape index (κ2) is 7.45. The monoisotopic (exact) mass is 502 g/mol. The zero-order valence-electron chi connectivity index (χ0n) is 23.1. The van der Waals surface area contributed by atoms with Crippen LogP contribution in [0.25, 0.3) is 0 Å². The first-order valence-corrected chi connectivity index (χ1v) is 14.0. The van der Waals surface area contributed by atoms with Crippen molar-refractivity contribution in [3.63, 3.8) is 0 Å². The molecule has 0 saturated heterocycles. The van der Waals surface area contributed by atoms with Crippen LogP contribution in [-0.4, -0.2) is 50.0 Å². The quantitative estimate of drug-likeness (QED) is 0.396. The Balaban J connectivity index is 1.68. The van der Waals surface area contributed by atoms with Crippen LogP contribution in [0.5, 0.6) is 0 Å². The van der Waals surface area contributed by atoms with Gasteiger partial charge in [0.25, 0.3) is 0 Å². The number of aliphatic hydroxyl groups excluding tert-OH is 2. The summed E-state index contributed by atoms with van der Waals surface area (Å²) in [5, 5.41) is 44.8. The Bertz CT molecular complexity index is 1030. The largest absolute Gasteiger partial charge is 0.481 e. The molecule has 5 aliphatic carbocycles. The molecule has 0 aromatic heterocycles. The highest BCUT2D eigenvalue weighted by atomic mass is 16.4. The molecule has 6 nitrogen and oxygen atoms in total. The molecule has 0 bridgehead atoms. The van der Waals surface area contributed by atoms with E-state index in [0.717, 1.165) is 24.8 Å². The molecular weight excluding hydrogens is 456 g/mol. The normalized spacial score (nSPS) is 55.9. The van der Waals surface area contributed by atoms with Crippen molar-refractivity contribution < 1.29 is 30.0 Å². The Labute approximate surface area is 215 Å². The Morgan fingerprint density at radius 3 is 2.19 bits per heavy atom. The van der Waals surface area contributed by atoms with Crippen LogP contribution in [0, 0.1) is 50.7 Å². The van der Waals surface area contributed by atoms with E-state index in [9.17, 15) is 30.0 Å². The Morgan fingerprint density at radius 2 is 1.58 bits per heavy atom. The maximum absolute atomic E-state index is 13.0. The van der Waals surface area contributed by atoms with E-state index in [1.165, 1.54) is 0 Å². The standard InChI is InChI=1S/C30H46O6/c1-16-10-13-30(24(34)35)15-14-26(4)17(21(30)29(16,7)36)8-9-19-27(26,5)12-11-18-25(2,3)22(32)20(31)23(33)28(18,19)6/h8,16,18-21,23,31,33,36H,9-15H2,1-7H3,(H,34,35). The Hall–Kier alpha value is -1.24. The summed E-state index contributed by atoms with van der Waals surface area (Å²) in [6.07, 6.45) is 4.51. The highest BCUT2D eigenvalue weighted by Gasteiger charge is 2.73. The van der Waals surface area contributed by atoms with Gasteiger partial charge in [0.1, 0.15) is 6.10 Å². The average Bonchev–Trinajstić information content (AvgIpc) is 2.79. The van der Waals surface area contributed by atoms with E-state index in [1.54, 1.807) is 0 Å². The van der Waals surface area contributed by atoms with Gasteiger partial charge in [0, 0.05) is 16.7 Å². The molecule has 4 saturated carbocycles. The number of carbonyl (C=O) groups is 2. The summed E-state index contributed by atoms with van der Waals surface area (Å²) in [5.41, 5.74) is -2.98. The molecule has 5 aliphatic rings. The molecule has 4 fully saturated rings. The average molecular weight is 503 g/mol. The first-order chi connectivity index (χ1) is 16.4. The molecule has 4 N–H and O–H groups in total. The number of ketones is 1. The van der Waals surface area contributed by atoms with Crippen molar-refractivity contribution in [2.24, 2.45) is 50.7 Å². The minimum Gasteiger partial charge on any atom is -0.481 e. The molecule has 5 rings (SSSR count). The summed E-state index contributed by atoms with van der Waals surface area (Å²) in [5.74, 6) is -1.54. The fourth-order valence-corrected chi connectivity index (χ4v) is 10.7. The summed E-state index contributed by atoms with van der Waals surface area (Å²) in [4.78, 5) is 25.9. The predicted octanol–water partition coefficient (Wildman–Crippen LogP) is 4.35. The molecule has 0 heterocycles. The first kappa shape index (κ1) is 26.4. The number of Topliss-reactive ketones (excluding diaryl/α,β-unsaturated/α-hetero) is 1. The van der Waals surface area contributed by atoms with Crippen molar-refractivity contribution in [2.45, 2.75) is 111 Å². The molecule has 202 valence electrons. The third-order valence-electron chi connectivity index (χ3n) is 13.4. The molecule has 0 aromatic carbocycles. The number of allylic oxidation sites excluding steroid dienone is 1. The number of rotatable bonds is 1. The molecule has 11 unspecified atom stereocenters. The minimum atomic E-state index is -1.40. The number of carboxylic acid groups (broad SMARTS) is 1. The molecule has 0 aromatic rings. The van der Waals surface area contributed by atoms with Gasteiger partial charge in [-0.2, -0.15) is 0 Å². The van der Waals surface area contributed by atoms with E-state index in [2.05, 4.69) is 26.8 Å². The van der Waals surface area contributed by atoms with E-state index in [-0.39, 0.29) is 34.4 Å². The van der Waals surface area contributed by atoms with Gasteiger partial charge >= 0.3 is 5.97 Å². The molecule has 36 heavy (non-hydrogen) atoms. The first-order valence-electron chi connectivity index (χ1n) is 14.0. The van der Waals surface area contributed by atoms with Gasteiger partial charge in [0.05, 0.1) is 17.1 Å². The summed E-state index contributed by atoms with van der Waals surface area (Å²) >= 11 is 0. The molecule has 0 aliphatic heterocycles. The molecular formula is C30H46O6. The van der Waals surface area contributed by atoms with Crippen LogP contribution in [0.1, 0.15) is 93.4 Å². The van der Waals surface area contributed by atoms with E-state index in [0.29, 0.717) is 25.7 Å². The lowest BCUT2D eigenvalue weighted by Gasteiger charge is -2.72. The van der Waals surface area contributed by atoms with Crippen molar-refractivity contribution in [3.8, 4) is 0 Å². The van der Waals surface area contributed by atoms with E-state index >= 15 is 0 Å². The number of hydrogen-bond acceptors (Lipinski definition) is 5. The Kier molecular flexibility index (Phi) is 5.45. The summed E-state index contributed by atoms with van der Waals surface area (Å²) < 4.78 is 0. The highest BCUT2D eigenvalue weighted by molar-refractivity contribution is 5.90. The van der Waals surface area contributed by atoms with Crippen molar-refractivity contribution in [1.29, 1.82) is 0 Å². The summed E-state index contributed by atoms with van der Waals surface area (Å²) in [6, 6.07) is 0. The zero-order chi connectivity index (χ0) is 26.9. The smallest absolute Gasteiger partial charge is 0.310 e. The molecule has 0 radical (unpaired) electrons. The van der Waals surface area contributed by atoms with E-state index in [1.807, 2.05) is 27.7 Å². The van der Waals surface area contributed by atoms with Crippen LogP contribution in [0.15, 0.2) is 11.6 Å². The third kappa shape index (κ3) is 2.74. The summed E-state index contributed by atoms with van der Waals surface area (Å²) in [7, 11) is 0. The van der Waals surface area contributed by atoms with Crippen LogP contribution in [0.2, 0.25) is 0 Å². The van der Waals surface area contributed by atoms with Gasteiger partial charge in [-0.3, -0.25) is 9.59 Å². The molecule has 11 atom stereocenters. The maximum atomic E-state index is 13.0. The lowest BCUT2D eigenvalue weighted by atomic mass is 9.32. The second-order valence-corrected chi connectivity index (χ2v) is 14.7. The van der Waals surface area contributed by atoms with E-state index < -0.39 is 45.9 Å². The number of aliphatic hydroxyl groups is 3. The maximum Gasteiger partial charge on any atom is 0.310 e. The van der Waals surface area contributed by atoms with Crippen LogP contribution in [-0.2, 0) is 9.59 Å². The van der Waals surface area contributed by atoms with Crippen molar-refractivity contribution in [3.05, 3.63) is 11.6 Å². The van der Waals surface area contributed by atoms with Crippen LogP contribution in [0.3, 0.4) is 0 Å². The molecule has 0 amide bonds. The number of carbonyl (C=O) groups excluding carboxylic acids is 1. The topological polar surface area (TPSA) is 115 Å². The lowest BCUT2D eigenvalue weighted by Crippen LogP contribution is -2.71. The van der Waals surface area contributed by atoms with Crippen molar-refractivity contribution >= 4 is 11.8 Å². The van der Waals surface area contributed by atoms with Gasteiger partial charge in [0.15, 0.2) is 5.78 Å². The molecule has 6 heteroatoms. The fourth-order valence-electron chi connectivity index (χ4n) is 10.7. The second-order valence-electron chi connectivity index (χ2n) is 14.7. The van der Waals surface area contributed by atoms with Gasteiger partial charge in [-0.25, -0.2) is 0 Å². The number of aliphatic carboxylic acids is 1. The lowest BCUT2D eigenvalue weighted by molar-refractivity contribution is -0.241. The summed E-state index contributed by atoms with van der Waals surface area (Å²) in [6.45, 7) is 14.4. The number of hydrogen-bond donors (Lipinski definition) is 4. The van der Waals surface area contributed by atoms with Gasteiger partial charge in [0.2, 0.25) is 0 Å². The third-order valence-corrected chi connectivity index (χ3v) is 13.4. The minimum absolute atomic E-state index is 0.000802. The number of carboxylic acids is 1. The zero-order valence-corrected chi connectivity index (χ0v) is 23.1. The highest BCUT2D eigenvalue weighted by Crippen LogP contribution is 2.75. The van der Waals surface area contributed by atoms with Gasteiger partial charge in [-0.15, -0.1) is 0 Å². The van der Waals surface area contributed by atoms with Crippen molar-refractivity contribution in [1.82, 2.24) is 0 Å². The number of fused-ring (bicyclic) bond motifs is 7. The molecule has 0 spiro atoms. The van der Waals surface area contributed by atoms with Crippen LogP contribution < -0.4 is 0 Å².